The molecule has 0 bridgehead atoms. The minimum Gasteiger partial charge on any atom is -0.469 e. The van der Waals surface area contributed by atoms with Crippen LogP contribution in [0.1, 0.15) is 13.3 Å². The van der Waals surface area contributed by atoms with E-state index in [1.165, 1.54) is 7.11 Å². The highest BCUT2D eigenvalue weighted by Crippen LogP contribution is 2.21. The van der Waals surface area contributed by atoms with Crippen molar-refractivity contribution in [3.63, 3.8) is 0 Å². The summed E-state index contributed by atoms with van der Waals surface area (Å²) >= 11 is 0. The van der Waals surface area contributed by atoms with Crippen molar-refractivity contribution in [1.82, 2.24) is 10.5 Å². The minimum absolute atomic E-state index is 0.127. The first kappa shape index (κ1) is 15.0. The Hall–Kier alpha value is -2.40. The van der Waals surface area contributed by atoms with E-state index in [2.05, 4.69) is 15.2 Å². The van der Waals surface area contributed by atoms with Gasteiger partial charge in [0.2, 0.25) is 0 Å². The number of benzene rings is 1. The number of nitrogens with zero attached hydrogens (tertiary/aromatic N) is 1. The van der Waals surface area contributed by atoms with E-state index in [9.17, 15) is 4.79 Å². The Kier molecular flexibility index (Phi) is 5.29. The van der Waals surface area contributed by atoms with Gasteiger partial charge in [0.15, 0.2) is 0 Å². The fourth-order valence-electron chi connectivity index (χ4n) is 1.80. The molecule has 0 aliphatic heterocycles. The second-order valence-corrected chi connectivity index (χ2v) is 4.66. The van der Waals surface area contributed by atoms with Crippen LogP contribution in [0.2, 0.25) is 0 Å². The number of hydroxylamine groups is 1. The predicted octanol–water partition coefficient (Wildman–Crippen LogP) is 2.58. The molecule has 5 nitrogen and oxygen atoms in total. The lowest BCUT2D eigenvalue weighted by Gasteiger charge is -2.13. The zero-order chi connectivity index (χ0) is 15.1. The number of hydrogen-bond acceptors (Lipinski definition) is 5. The Balaban J connectivity index is 1.90. The van der Waals surface area contributed by atoms with E-state index in [1.54, 1.807) is 12.4 Å². The lowest BCUT2D eigenvalue weighted by molar-refractivity contribution is -0.141. The van der Waals surface area contributed by atoms with Gasteiger partial charge in [0, 0.05) is 12.4 Å². The van der Waals surface area contributed by atoms with Crippen molar-refractivity contribution in [2.45, 2.75) is 19.4 Å². The Morgan fingerprint density at radius 2 is 1.76 bits per heavy atom. The average Bonchev–Trinajstić information content (AvgIpc) is 2.54. The molecule has 1 N–H and O–H groups in total. The van der Waals surface area contributed by atoms with Gasteiger partial charge in [-0.1, -0.05) is 12.1 Å². The summed E-state index contributed by atoms with van der Waals surface area (Å²) in [5.74, 6) is 0.413. The Bertz CT molecular complexity index is 570. The molecule has 2 aromatic rings. The molecule has 0 radical (unpaired) electrons. The monoisotopic (exact) mass is 286 g/mol. The molecule has 2 rings (SSSR count). The highest BCUT2D eigenvalue weighted by molar-refractivity contribution is 5.69. The SMILES string of the molecule is COC(=O)C[C@@H](C)NOc1ccc(-c2ccncc2)cc1. The first-order chi connectivity index (χ1) is 10.2. The van der Waals surface area contributed by atoms with Gasteiger partial charge in [-0.15, -0.1) is 0 Å². The van der Waals surface area contributed by atoms with Crippen LogP contribution in [0.3, 0.4) is 0 Å². The molecular weight excluding hydrogens is 268 g/mol. The molecule has 21 heavy (non-hydrogen) atoms. The summed E-state index contributed by atoms with van der Waals surface area (Å²) in [5, 5.41) is 0. The van der Waals surface area contributed by atoms with Gasteiger partial charge in [-0.3, -0.25) is 9.78 Å². The second kappa shape index (κ2) is 7.40. The van der Waals surface area contributed by atoms with Crippen molar-refractivity contribution < 1.29 is 14.4 Å². The molecule has 110 valence electrons. The minimum atomic E-state index is -0.272. The van der Waals surface area contributed by atoms with Gasteiger partial charge < -0.3 is 9.57 Å². The quantitative estimate of drug-likeness (QED) is 0.653. The molecule has 0 fully saturated rings. The number of hydrogen-bond donors (Lipinski definition) is 1. The number of aromatic nitrogens is 1. The third-order valence-corrected chi connectivity index (χ3v) is 2.95. The van der Waals surface area contributed by atoms with Crippen molar-refractivity contribution >= 4 is 5.97 Å². The van der Waals surface area contributed by atoms with E-state index < -0.39 is 0 Å². The smallest absolute Gasteiger partial charge is 0.307 e. The van der Waals surface area contributed by atoms with Crippen molar-refractivity contribution in [2.75, 3.05) is 7.11 Å². The highest BCUT2D eigenvalue weighted by Gasteiger charge is 2.09. The number of carbonyl (C=O) groups excluding carboxylic acids is 1. The number of rotatable bonds is 6. The van der Waals surface area contributed by atoms with E-state index in [-0.39, 0.29) is 18.4 Å². The van der Waals surface area contributed by atoms with Crippen LogP contribution in [-0.4, -0.2) is 24.1 Å². The third kappa shape index (κ3) is 4.57. The van der Waals surface area contributed by atoms with Gasteiger partial charge in [0.25, 0.3) is 0 Å². The van der Waals surface area contributed by atoms with Crippen LogP contribution in [0.25, 0.3) is 11.1 Å². The van der Waals surface area contributed by atoms with Crippen LogP contribution in [0, 0.1) is 0 Å². The Morgan fingerprint density at radius 1 is 1.14 bits per heavy atom. The van der Waals surface area contributed by atoms with Crippen LogP contribution in [0.15, 0.2) is 48.8 Å². The average molecular weight is 286 g/mol. The summed E-state index contributed by atoms with van der Waals surface area (Å²) in [6.45, 7) is 1.85. The molecule has 1 aromatic carbocycles. The maximum Gasteiger partial charge on any atom is 0.307 e. The summed E-state index contributed by atoms with van der Waals surface area (Å²) in [6, 6.07) is 11.5. The molecule has 0 aliphatic carbocycles. The highest BCUT2D eigenvalue weighted by atomic mass is 16.6. The maximum absolute atomic E-state index is 11.1. The zero-order valence-corrected chi connectivity index (χ0v) is 12.1. The number of ether oxygens (including phenoxy) is 1. The van der Waals surface area contributed by atoms with Gasteiger partial charge in [-0.05, 0) is 42.3 Å². The van der Waals surface area contributed by atoms with Crippen molar-refractivity contribution in [2.24, 2.45) is 0 Å². The lowest BCUT2D eigenvalue weighted by Crippen LogP contribution is -2.31. The molecule has 1 aromatic heterocycles. The van der Waals surface area contributed by atoms with Gasteiger partial charge in [0.1, 0.15) is 5.75 Å². The van der Waals surface area contributed by atoms with Crippen molar-refractivity contribution in [1.29, 1.82) is 0 Å². The molecule has 1 heterocycles. The standard InChI is InChI=1S/C16H18N2O3/c1-12(11-16(19)20-2)18-21-15-5-3-13(4-6-15)14-7-9-17-10-8-14/h3-10,12,18H,11H2,1-2H3/t12-/m1/s1. The summed E-state index contributed by atoms with van der Waals surface area (Å²) in [5.41, 5.74) is 5.00. The fourth-order valence-corrected chi connectivity index (χ4v) is 1.80. The first-order valence-electron chi connectivity index (χ1n) is 6.68. The maximum atomic E-state index is 11.1. The third-order valence-electron chi connectivity index (χ3n) is 2.95. The molecule has 0 unspecified atom stereocenters. The lowest BCUT2D eigenvalue weighted by atomic mass is 10.1. The van der Waals surface area contributed by atoms with Gasteiger partial charge >= 0.3 is 5.97 Å². The van der Waals surface area contributed by atoms with Gasteiger partial charge in [0.05, 0.1) is 19.6 Å². The number of nitrogens with one attached hydrogen (secondary N) is 1. The summed E-state index contributed by atoms with van der Waals surface area (Å²) in [6.07, 6.45) is 3.77. The summed E-state index contributed by atoms with van der Waals surface area (Å²) < 4.78 is 4.60. The van der Waals surface area contributed by atoms with E-state index in [0.717, 1.165) is 11.1 Å². The zero-order valence-electron chi connectivity index (χ0n) is 12.1. The van der Waals surface area contributed by atoms with Crippen molar-refractivity contribution in [3.05, 3.63) is 48.8 Å². The topological polar surface area (TPSA) is 60.5 Å². The molecule has 0 amide bonds. The van der Waals surface area contributed by atoms with Crippen LogP contribution in [0.4, 0.5) is 0 Å². The van der Waals surface area contributed by atoms with Crippen LogP contribution in [-0.2, 0) is 9.53 Å². The van der Waals surface area contributed by atoms with Crippen LogP contribution < -0.4 is 10.3 Å². The van der Waals surface area contributed by atoms with E-state index in [1.807, 2.05) is 43.3 Å². The largest absolute Gasteiger partial charge is 0.469 e. The Morgan fingerprint density at radius 3 is 2.38 bits per heavy atom. The molecule has 0 aliphatic rings. The van der Waals surface area contributed by atoms with E-state index in [0.29, 0.717) is 5.75 Å². The number of carbonyl (C=O) groups is 1. The second-order valence-electron chi connectivity index (χ2n) is 4.66. The fraction of sp³-hybridized carbons (Fsp3) is 0.250. The molecule has 1 atom stereocenters. The molecular formula is C16H18N2O3. The van der Waals surface area contributed by atoms with E-state index >= 15 is 0 Å². The Labute approximate surface area is 123 Å². The summed E-state index contributed by atoms with van der Waals surface area (Å²) in [4.78, 5) is 20.5. The molecule has 5 heteroatoms. The predicted molar refractivity (Wildman–Crippen MR) is 79.5 cm³/mol. The van der Waals surface area contributed by atoms with Crippen LogP contribution in [0.5, 0.6) is 5.75 Å². The molecule has 0 saturated heterocycles. The van der Waals surface area contributed by atoms with Gasteiger partial charge in [-0.2, -0.15) is 5.48 Å². The first-order valence-corrected chi connectivity index (χ1v) is 6.68. The molecule has 0 saturated carbocycles. The van der Waals surface area contributed by atoms with E-state index in [4.69, 9.17) is 4.84 Å². The van der Waals surface area contributed by atoms with Crippen LogP contribution >= 0.6 is 0 Å². The summed E-state index contributed by atoms with van der Waals surface area (Å²) in [7, 11) is 1.37. The number of methoxy groups -OCH3 is 1. The number of pyridine rings is 1. The normalized spacial score (nSPS) is 11.7. The molecule has 0 spiro atoms. The van der Waals surface area contributed by atoms with Gasteiger partial charge in [-0.25, -0.2) is 0 Å². The van der Waals surface area contributed by atoms with Crippen molar-refractivity contribution in [3.8, 4) is 16.9 Å². The number of esters is 1.